The normalized spacial score (nSPS) is 33.7. The van der Waals surface area contributed by atoms with Gasteiger partial charge in [0.15, 0.2) is 0 Å². The van der Waals surface area contributed by atoms with Crippen LogP contribution in [0, 0.1) is 0 Å². The Balaban J connectivity index is 1.71. The Labute approximate surface area is 90.8 Å². The molecular weight excluding hydrogens is 192 g/mol. The van der Waals surface area contributed by atoms with Gasteiger partial charge in [-0.2, -0.15) is 0 Å². The molecule has 2 rings (SSSR count). The highest BCUT2D eigenvalue weighted by atomic mass is 16.5. The minimum absolute atomic E-state index is 0.0878. The molecule has 0 radical (unpaired) electrons. The van der Waals surface area contributed by atoms with Gasteiger partial charge in [-0.1, -0.05) is 13.8 Å². The van der Waals surface area contributed by atoms with Gasteiger partial charge in [-0.05, 0) is 19.3 Å². The molecule has 4 nitrogen and oxygen atoms in total. The highest BCUT2D eigenvalue weighted by Crippen LogP contribution is 2.34. The fraction of sp³-hybridized carbons (Fsp3) is 0.909. The summed E-state index contributed by atoms with van der Waals surface area (Å²) in [6, 6.07) is 0.609. The molecule has 86 valence electrons. The smallest absolute Gasteiger partial charge is 0.234 e. The maximum atomic E-state index is 11.6. The zero-order valence-electron chi connectivity index (χ0n) is 9.45. The van der Waals surface area contributed by atoms with E-state index < -0.39 is 0 Å². The Morgan fingerprint density at radius 1 is 1.47 bits per heavy atom. The monoisotopic (exact) mass is 212 g/mol. The first-order valence-electron chi connectivity index (χ1n) is 5.83. The first-order valence-corrected chi connectivity index (χ1v) is 5.83. The van der Waals surface area contributed by atoms with Crippen LogP contribution in [0.25, 0.3) is 0 Å². The summed E-state index contributed by atoms with van der Waals surface area (Å²) in [7, 11) is 0. The van der Waals surface area contributed by atoms with Crippen LogP contribution in [0.15, 0.2) is 0 Å². The third kappa shape index (κ3) is 2.69. The summed E-state index contributed by atoms with van der Waals surface area (Å²) in [4.78, 5) is 11.6. The van der Waals surface area contributed by atoms with Gasteiger partial charge in [-0.15, -0.1) is 0 Å². The first kappa shape index (κ1) is 10.9. The van der Waals surface area contributed by atoms with E-state index in [1.807, 2.05) is 13.8 Å². The first-order chi connectivity index (χ1) is 7.15. The van der Waals surface area contributed by atoms with Crippen molar-refractivity contribution in [3.8, 4) is 0 Å². The minimum Gasteiger partial charge on any atom is -0.373 e. The van der Waals surface area contributed by atoms with Gasteiger partial charge in [-0.3, -0.25) is 4.79 Å². The zero-order valence-corrected chi connectivity index (χ0v) is 9.45. The summed E-state index contributed by atoms with van der Waals surface area (Å²) >= 11 is 0. The Kier molecular flexibility index (Phi) is 3.26. The van der Waals surface area contributed by atoms with Gasteiger partial charge in [0.05, 0.1) is 24.8 Å². The van der Waals surface area contributed by atoms with E-state index in [-0.39, 0.29) is 18.1 Å². The second-order valence-electron chi connectivity index (χ2n) is 4.82. The largest absolute Gasteiger partial charge is 0.373 e. The van der Waals surface area contributed by atoms with E-state index in [4.69, 9.17) is 4.74 Å². The van der Waals surface area contributed by atoms with Crippen LogP contribution in [0.4, 0.5) is 0 Å². The summed E-state index contributed by atoms with van der Waals surface area (Å²) in [5.41, 5.74) is 0. The molecule has 2 heterocycles. The molecule has 2 aliphatic heterocycles. The number of fused-ring (bicyclic) bond motifs is 2. The molecule has 2 fully saturated rings. The predicted octanol–water partition coefficient (Wildman–Crippen LogP) is 0.420. The zero-order chi connectivity index (χ0) is 10.8. The summed E-state index contributed by atoms with van der Waals surface area (Å²) in [6.45, 7) is 4.48. The lowest BCUT2D eigenvalue weighted by atomic mass is 9.95. The SMILES string of the molecule is CC(C)NCC(=O)NC1CC2CCC1O2. The van der Waals surface area contributed by atoms with Crippen molar-refractivity contribution >= 4 is 5.91 Å². The maximum absolute atomic E-state index is 11.6. The van der Waals surface area contributed by atoms with E-state index in [2.05, 4.69) is 10.6 Å². The van der Waals surface area contributed by atoms with Crippen LogP contribution in [0.3, 0.4) is 0 Å². The summed E-state index contributed by atoms with van der Waals surface area (Å²) < 4.78 is 5.68. The van der Waals surface area contributed by atoms with Crippen LogP contribution in [0.5, 0.6) is 0 Å². The van der Waals surface area contributed by atoms with Crippen molar-refractivity contribution in [3.05, 3.63) is 0 Å². The summed E-state index contributed by atoms with van der Waals surface area (Å²) in [5, 5.41) is 6.15. The van der Waals surface area contributed by atoms with Gasteiger partial charge >= 0.3 is 0 Å². The molecule has 0 aliphatic carbocycles. The predicted molar refractivity (Wildman–Crippen MR) is 57.6 cm³/mol. The van der Waals surface area contributed by atoms with Crippen LogP contribution < -0.4 is 10.6 Å². The lowest BCUT2D eigenvalue weighted by Crippen LogP contribution is -2.45. The molecule has 0 saturated carbocycles. The van der Waals surface area contributed by atoms with Gasteiger partial charge in [-0.25, -0.2) is 0 Å². The van der Waals surface area contributed by atoms with Crippen molar-refractivity contribution in [3.63, 3.8) is 0 Å². The third-order valence-corrected chi connectivity index (χ3v) is 3.12. The molecule has 0 aromatic carbocycles. The number of nitrogens with one attached hydrogen (secondary N) is 2. The minimum atomic E-state index is 0.0878. The van der Waals surface area contributed by atoms with Crippen molar-refractivity contribution in [2.75, 3.05) is 6.54 Å². The van der Waals surface area contributed by atoms with Gasteiger partial charge in [0, 0.05) is 6.04 Å². The molecule has 0 spiro atoms. The van der Waals surface area contributed by atoms with Crippen LogP contribution in [0.1, 0.15) is 33.1 Å². The quantitative estimate of drug-likeness (QED) is 0.710. The van der Waals surface area contributed by atoms with E-state index in [0.717, 1.165) is 12.8 Å². The van der Waals surface area contributed by atoms with Crippen LogP contribution >= 0.6 is 0 Å². The van der Waals surface area contributed by atoms with Gasteiger partial charge in [0.1, 0.15) is 0 Å². The van der Waals surface area contributed by atoms with Crippen LogP contribution in [-0.2, 0) is 9.53 Å². The molecule has 15 heavy (non-hydrogen) atoms. The number of carbonyl (C=O) groups is 1. The topological polar surface area (TPSA) is 50.4 Å². The number of carbonyl (C=O) groups excluding carboxylic acids is 1. The molecule has 4 heteroatoms. The number of ether oxygens (including phenoxy) is 1. The van der Waals surface area contributed by atoms with Crippen LogP contribution in [-0.4, -0.2) is 36.7 Å². The van der Waals surface area contributed by atoms with E-state index in [0.29, 0.717) is 18.7 Å². The van der Waals surface area contributed by atoms with Crippen molar-refractivity contribution in [2.24, 2.45) is 0 Å². The molecule has 3 atom stereocenters. The van der Waals surface area contributed by atoms with Crippen LogP contribution in [0.2, 0.25) is 0 Å². The number of amides is 1. The van der Waals surface area contributed by atoms with Crippen molar-refractivity contribution in [2.45, 2.75) is 57.4 Å². The lowest BCUT2D eigenvalue weighted by Gasteiger charge is -2.20. The van der Waals surface area contributed by atoms with Crippen molar-refractivity contribution in [1.82, 2.24) is 10.6 Å². The maximum Gasteiger partial charge on any atom is 0.234 e. The van der Waals surface area contributed by atoms with E-state index in [1.54, 1.807) is 0 Å². The standard InChI is InChI=1S/C11H20N2O2/c1-7(2)12-6-11(14)13-9-5-8-3-4-10(9)15-8/h7-10,12H,3-6H2,1-2H3,(H,13,14). The average molecular weight is 212 g/mol. The molecule has 2 bridgehead atoms. The Hall–Kier alpha value is -0.610. The molecule has 3 unspecified atom stereocenters. The van der Waals surface area contributed by atoms with Gasteiger partial charge in [0.25, 0.3) is 0 Å². The summed E-state index contributed by atoms with van der Waals surface area (Å²) in [6.07, 6.45) is 3.95. The fourth-order valence-corrected chi connectivity index (χ4v) is 2.34. The average Bonchev–Trinajstić information content (AvgIpc) is 2.76. The van der Waals surface area contributed by atoms with Gasteiger partial charge in [0.2, 0.25) is 5.91 Å². The molecule has 1 amide bonds. The van der Waals surface area contributed by atoms with E-state index in [1.165, 1.54) is 6.42 Å². The molecule has 0 aromatic heterocycles. The lowest BCUT2D eigenvalue weighted by molar-refractivity contribution is -0.121. The summed E-state index contributed by atoms with van der Waals surface area (Å²) in [5.74, 6) is 0.0878. The Bertz CT molecular complexity index is 243. The molecule has 2 N–H and O–H groups in total. The Morgan fingerprint density at radius 2 is 2.27 bits per heavy atom. The van der Waals surface area contributed by atoms with E-state index in [9.17, 15) is 4.79 Å². The number of hydrogen-bond acceptors (Lipinski definition) is 3. The second-order valence-corrected chi connectivity index (χ2v) is 4.82. The number of hydrogen-bond donors (Lipinski definition) is 2. The van der Waals surface area contributed by atoms with E-state index >= 15 is 0 Å². The molecular formula is C11H20N2O2. The second kappa shape index (κ2) is 4.49. The highest BCUT2D eigenvalue weighted by molar-refractivity contribution is 5.78. The fourth-order valence-electron chi connectivity index (χ4n) is 2.34. The van der Waals surface area contributed by atoms with Gasteiger partial charge < -0.3 is 15.4 Å². The molecule has 0 aromatic rings. The van der Waals surface area contributed by atoms with Crippen molar-refractivity contribution < 1.29 is 9.53 Å². The molecule has 2 aliphatic rings. The third-order valence-electron chi connectivity index (χ3n) is 3.12. The highest BCUT2D eigenvalue weighted by Gasteiger charge is 2.41. The molecule has 2 saturated heterocycles. The number of rotatable bonds is 4. The Morgan fingerprint density at radius 3 is 2.80 bits per heavy atom. The van der Waals surface area contributed by atoms with Crippen molar-refractivity contribution in [1.29, 1.82) is 0 Å².